The van der Waals surface area contributed by atoms with Gasteiger partial charge in [0.2, 0.25) is 0 Å². The first kappa shape index (κ1) is 14.3. The third-order valence-electron chi connectivity index (χ3n) is 5.73. The average molecular weight is 256 g/mol. The SMILES string of the molecule is C[C@@H]1CC[C@H]2[C@@H]1C[C@@H]([C@@](C)(O)CO)CC[C@@]2(C)O. The first-order chi connectivity index (χ1) is 8.28. The zero-order valence-electron chi connectivity index (χ0n) is 11.9. The van der Waals surface area contributed by atoms with E-state index in [0.29, 0.717) is 17.8 Å². The summed E-state index contributed by atoms with van der Waals surface area (Å²) in [5.74, 6) is 1.58. The molecular weight excluding hydrogens is 228 g/mol. The maximum absolute atomic E-state index is 10.7. The third kappa shape index (κ3) is 2.45. The Morgan fingerprint density at radius 2 is 1.94 bits per heavy atom. The molecule has 0 aromatic rings. The van der Waals surface area contributed by atoms with Crippen molar-refractivity contribution < 1.29 is 15.3 Å². The van der Waals surface area contributed by atoms with Crippen molar-refractivity contribution in [3.63, 3.8) is 0 Å². The second-order valence-electron chi connectivity index (χ2n) is 7.17. The van der Waals surface area contributed by atoms with E-state index >= 15 is 0 Å². The molecule has 0 heterocycles. The Labute approximate surface area is 110 Å². The number of fused-ring (bicyclic) bond motifs is 1. The monoisotopic (exact) mass is 256 g/mol. The molecule has 0 aliphatic heterocycles. The van der Waals surface area contributed by atoms with Gasteiger partial charge < -0.3 is 15.3 Å². The Balaban J connectivity index is 2.21. The van der Waals surface area contributed by atoms with Gasteiger partial charge in [0.25, 0.3) is 0 Å². The molecule has 2 rings (SSSR count). The molecule has 2 saturated carbocycles. The van der Waals surface area contributed by atoms with Crippen molar-refractivity contribution in [2.24, 2.45) is 23.7 Å². The van der Waals surface area contributed by atoms with Crippen LogP contribution < -0.4 is 0 Å². The lowest BCUT2D eigenvalue weighted by molar-refractivity contribution is -0.0569. The number of aliphatic hydroxyl groups is 3. The molecule has 0 spiro atoms. The van der Waals surface area contributed by atoms with Crippen LogP contribution in [-0.4, -0.2) is 33.1 Å². The summed E-state index contributed by atoms with van der Waals surface area (Å²) in [5, 5.41) is 30.3. The van der Waals surface area contributed by atoms with Crippen molar-refractivity contribution in [2.75, 3.05) is 6.61 Å². The van der Waals surface area contributed by atoms with Gasteiger partial charge in [0.15, 0.2) is 0 Å². The van der Waals surface area contributed by atoms with Crippen molar-refractivity contribution in [1.82, 2.24) is 0 Å². The summed E-state index contributed by atoms with van der Waals surface area (Å²) >= 11 is 0. The maximum Gasteiger partial charge on any atom is 0.0877 e. The van der Waals surface area contributed by atoms with Crippen LogP contribution in [0.2, 0.25) is 0 Å². The molecule has 2 aliphatic rings. The summed E-state index contributed by atoms with van der Waals surface area (Å²) in [6, 6.07) is 0. The zero-order chi connectivity index (χ0) is 13.6. The largest absolute Gasteiger partial charge is 0.393 e. The Kier molecular flexibility index (Phi) is 3.79. The van der Waals surface area contributed by atoms with Gasteiger partial charge in [-0.3, -0.25) is 0 Å². The molecule has 0 amide bonds. The fourth-order valence-electron chi connectivity index (χ4n) is 4.23. The van der Waals surface area contributed by atoms with E-state index in [1.54, 1.807) is 6.92 Å². The lowest BCUT2D eigenvalue weighted by Crippen LogP contribution is -2.39. The van der Waals surface area contributed by atoms with Gasteiger partial charge in [-0.15, -0.1) is 0 Å². The Morgan fingerprint density at radius 1 is 1.28 bits per heavy atom. The molecule has 3 nitrogen and oxygen atoms in total. The highest BCUT2D eigenvalue weighted by Crippen LogP contribution is 2.51. The fraction of sp³-hybridized carbons (Fsp3) is 1.00. The maximum atomic E-state index is 10.7. The van der Waals surface area contributed by atoms with Crippen LogP contribution in [0, 0.1) is 23.7 Å². The molecule has 106 valence electrons. The minimum atomic E-state index is -1.01. The molecule has 2 fully saturated rings. The molecule has 0 aromatic carbocycles. The quantitative estimate of drug-likeness (QED) is 0.707. The minimum absolute atomic E-state index is 0.101. The molecule has 3 heteroatoms. The van der Waals surface area contributed by atoms with Crippen molar-refractivity contribution in [2.45, 2.75) is 64.1 Å². The van der Waals surface area contributed by atoms with Crippen LogP contribution in [0.15, 0.2) is 0 Å². The first-order valence-corrected chi connectivity index (χ1v) is 7.33. The number of hydrogen-bond acceptors (Lipinski definition) is 3. The second-order valence-corrected chi connectivity index (χ2v) is 7.17. The second kappa shape index (κ2) is 4.77. The van der Waals surface area contributed by atoms with Crippen LogP contribution in [0.5, 0.6) is 0 Å². The molecule has 3 N–H and O–H groups in total. The summed E-state index contributed by atoms with van der Waals surface area (Å²) < 4.78 is 0. The highest BCUT2D eigenvalue weighted by Gasteiger charge is 2.49. The fourth-order valence-corrected chi connectivity index (χ4v) is 4.23. The summed E-state index contributed by atoms with van der Waals surface area (Å²) in [6.45, 7) is 5.76. The van der Waals surface area contributed by atoms with Crippen LogP contribution in [0.1, 0.15) is 52.9 Å². The molecule has 0 bridgehead atoms. The van der Waals surface area contributed by atoms with Crippen LogP contribution in [-0.2, 0) is 0 Å². The van der Waals surface area contributed by atoms with Gasteiger partial charge in [-0.1, -0.05) is 13.3 Å². The van der Waals surface area contributed by atoms with E-state index in [-0.39, 0.29) is 12.5 Å². The summed E-state index contributed by atoms with van der Waals surface area (Å²) in [6.07, 6.45) is 4.77. The van der Waals surface area contributed by atoms with Gasteiger partial charge >= 0.3 is 0 Å². The van der Waals surface area contributed by atoms with Gasteiger partial charge in [-0.05, 0) is 63.2 Å². The normalized spacial score (nSPS) is 48.3. The minimum Gasteiger partial charge on any atom is -0.393 e. The van der Waals surface area contributed by atoms with Crippen molar-refractivity contribution in [1.29, 1.82) is 0 Å². The standard InChI is InChI=1S/C15H28O3/c1-10-4-5-13-12(10)8-11(15(3,18)9-16)6-7-14(13,2)17/h10-13,16-18H,4-9H2,1-3H3/t10-,11+,12-,13+,14-,15+/m1/s1. The Bertz CT molecular complexity index is 298. The van der Waals surface area contributed by atoms with Gasteiger partial charge in [-0.25, -0.2) is 0 Å². The van der Waals surface area contributed by atoms with Crippen LogP contribution in [0.25, 0.3) is 0 Å². The zero-order valence-corrected chi connectivity index (χ0v) is 11.9. The van der Waals surface area contributed by atoms with Gasteiger partial charge in [0, 0.05) is 0 Å². The van der Waals surface area contributed by atoms with E-state index in [9.17, 15) is 15.3 Å². The van der Waals surface area contributed by atoms with Gasteiger partial charge in [-0.2, -0.15) is 0 Å². The lowest BCUT2D eigenvalue weighted by Gasteiger charge is -2.34. The number of aliphatic hydroxyl groups excluding tert-OH is 1. The Hall–Kier alpha value is -0.120. The molecule has 0 unspecified atom stereocenters. The summed E-state index contributed by atoms with van der Waals surface area (Å²) in [4.78, 5) is 0. The van der Waals surface area contributed by atoms with E-state index in [2.05, 4.69) is 6.92 Å². The van der Waals surface area contributed by atoms with Crippen molar-refractivity contribution >= 4 is 0 Å². The van der Waals surface area contributed by atoms with Crippen LogP contribution in [0.3, 0.4) is 0 Å². The molecular formula is C15H28O3. The number of hydrogen-bond donors (Lipinski definition) is 3. The van der Waals surface area contributed by atoms with E-state index in [0.717, 1.165) is 25.7 Å². The lowest BCUT2D eigenvalue weighted by atomic mass is 9.76. The topological polar surface area (TPSA) is 60.7 Å². The van der Waals surface area contributed by atoms with Gasteiger partial charge in [0.05, 0.1) is 17.8 Å². The first-order valence-electron chi connectivity index (χ1n) is 7.33. The molecule has 0 aromatic heterocycles. The third-order valence-corrected chi connectivity index (χ3v) is 5.73. The molecule has 0 radical (unpaired) electrons. The molecule has 0 saturated heterocycles. The predicted molar refractivity (Wildman–Crippen MR) is 71.1 cm³/mol. The summed E-state index contributed by atoms with van der Waals surface area (Å²) in [5.41, 5.74) is -1.61. The van der Waals surface area contributed by atoms with Gasteiger partial charge in [0.1, 0.15) is 0 Å². The highest BCUT2D eigenvalue weighted by atomic mass is 16.3. The van der Waals surface area contributed by atoms with E-state index < -0.39 is 11.2 Å². The van der Waals surface area contributed by atoms with E-state index in [1.807, 2.05) is 6.92 Å². The van der Waals surface area contributed by atoms with E-state index in [4.69, 9.17) is 0 Å². The van der Waals surface area contributed by atoms with Crippen molar-refractivity contribution in [3.8, 4) is 0 Å². The predicted octanol–water partition coefficient (Wildman–Crippen LogP) is 1.94. The molecule has 6 atom stereocenters. The Morgan fingerprint density at radius 3 is 2.56 bits per heavy atom. The van der Waals surface area contributed by atoms with Crippen LogP contribution >= 0.6 is 0 Å². The number of rotatable bonds is 2. The van der Waals surface area contributed by atoms with Crippen molar-refractivity contribution in [3.05, 3.63) is 0 Å². The van der Waals surface area contributed by atoms with E-state index in [1.165, 1.54) is 6.42 Å². The smallest absolute Gasteiger partial charge is 0.0877 e. The highest BCUT2D eigenvalue weighted by molar-refractivity contribution is 4.99. The molecule has 2 aliphatic carbocycles. The summed E-state index contributed by atoms with van der Waals surface area (Å²) in [7, 11) is 0. The average Bonchev–Trinajstić information content (AvgIpc) is 2.59. The molecule has 18 heavy (non-hydrogen) atoms. The van der Waals surface area contributed by atoms with Crippen LogP contribution in [0.4, 0.5) is 0 Å².